The number of benzene rings is 2. The highest BCUT2D eigenvalue weighted by molar-refractivity contribution is 6.03. The van der Waals surface area contributed by atoms with Gasteiger partial charge in [-0.3, -0.25) is 4.79 Å². The molecule has 3 heteroatoms. The maximum atomic E-state index is 12.3. The number of aryl methyl sites for hydroxylation is 2. The first-order valence-corrected chi connectivity index (χ1v) is 7.92. The third-order valence-electron chi connectivity index (χ3n) is 3.80. The molecule has 2 aromatic carbocycles. The van der Waals surface area contributed by atoms with Crippen LogP contribution < -0.4 is 10.1 Å². The van der Waals surface area contributed by atoms with Crippen LogP contribution in [0.15, 0.2) is 48.5 Å². The van der Waals surface area contributed by atoms with E-state index in [4.69, 9.17) is 4.74 Å². The number of nitrogens with one attached hydrogen (secondary N) is 1. The van der Waals surface area contributed by atoms with Gasteiger partial charge in [-0.15, -0.1) is 0 Å². The van der Waals surface area contributed by atoms with Gasteiger partial charge in [0.25, 0.3) is 0 Å². The number of hydrogen-bond donors (Lipinski definition) is 1. The van der Waals surface area contributed by atoms with Gasteiger partial charge in [0.1, 0.15) is 5.75 Å². The molecule has 3 nitrogen and oxygen atoms in total. The highest BCUT2D eigenvalue weighted by Gasteiger charge is 2.08. The summed E-state index contributed by atoms with van der Waals surface area (Å²) < 4.78 is 5.29. The average Bonchev–Trinajstić information content (AvgIpc) is 2.60. The summed E-state index contributed by atoms with van der Waals surface area (Å²) in [5, 5.41) is 3.02. The van der Waals surface area contributed by atoms with E-state index in [1.807, 2.05) is 30.3 Å². The van der Waals surface area contributed by atoms with E-state index in [0.29, 0.717) is 0 Å². The number of carbonyl (C=O) groups excluding carboxylic acids is 1. The van der Waals surface area contributed by atoms with Crippen molar-refractivity contribution in [2.75, 3.05) is 12.4 Å². The largest absolute Gasteiger partial charge is 0.496 e. The molecule has 0 saturated heterocycles. The molecule has 0 fully saturated rings. The van der Waals surface area contributed by atoms with Crippen molar-refractivity contribution in [3.8, 4) is 5.75 Å². The Balaban J connectivity index is 2.18. The van der Waals surface area contributed by atoms with Crippen LogP contribution in [0, 0.1) is 0 Å². The molecule has 0 aromatic heterocycles. The lowest BCUT2D eigenvalue weighted by atomic mass is 10.0. The van der Waals surface area contributed by atoms with Gasteiger partial charge in [0.15, 0.2) is 0 Å². The number of anilines is 1. The lowest BCUT2D eigenvalue weighted by Crippen LogP contribution is -2.11. The van der Waals surface area contributed by atoms with Gasteiger partial charge in [-0.1, -0.05) is 50.2 Å². The van der Waals surface area contributed by atoms with Crippen molar-refractivity contribution < 1.29 is 9.53 Å². The second-order valence-electron chi connectivity index (χ2n) is 5.22. The molecule has 0 aliphatic heterocycles. The van der Waals surface area contributed by atoms with Gasteiger partial charge in [-0.2, -0.15) is 0 Å². The van der Waals surface area contributed by atoms with E-state index in [0.717, 1.165) is 41.0 Å². The summed E-state index contributed by atoms with van der Waals surface area (Å²) >= 11 is 0. The van der Waals surface area contributed by atoms with Crippen LogP contribution >= 0.6 is 0 Å². The van der Waals surface area contributed by atoms with Gasteiger partial charge in [0, 0.05) is 17.3 Å². The Morgan fingerprint density at radius 3 is 2.30 bits per heavy atom. The van der Waals surface area contributed by atoms with Gasteiger partial charge in [0.05, 0.1) is 7.11 Å². The molecule has 2 aromatic rings. The molecule has 0 bridgehead atoms. The first-order valence-electron chi connectivity index (χ1n) is 7.92. The minimum atomic E-state index is -0.133. The Bertz CT molecular complexity index is 682. The van der Waals surface area contributed by atoms with Crippen LogP contribution in [0.5, 0.6) is 5.75 Å². The Kier molecular flexibility index (Phi) is 5.98. The predicted molar refractivity (Wildman–Crippen MR) is 95.9 cm³/mol. The SMILES string of the molecule is CCc1cccc(CC)c1NC(=O)/C=C/c1ccccc1OC. The van der Waals surface area contributed by atoms with Crippen LogP contribution in [0.3, 0.4) is 0 Å². The van der Waals surface area contributed by atoms with E-state index in [1.54, 1.807) is 19.3 Å². The molecule has 0 spiro atoms. The maximum Gasteiger partial charge on any atom is 0.248 e. The van der Waals surface area contributed by atoms with Crippen molar-refractivity contribution in [2.24, 2.45) is 0 Å². The number of hydrogen-bond acceptors (Lipinski definition) is 2. The van der Waals surface area contributed by atoms with Crippen LogP contribution in [-0.2, 0) is 17.6 Å². The molecule has 0 aliphatic carbocycles. The fourth-order valence-corrected chi connectivity index (χ4v) is 2.54. The van der Waals surface area contributed by atoms with Crippen molar-refractivity contribution in [2.45, 2.75) is 26.7 Å². The van der Waals surface area contributed by atoms with Gasteiger partial charge < -0.3 is 10.1 Å². The van der Waals surface area contributed by atoms with Gasteiger partial charge in [-0.05, 0) is 36.1 Å². The molecule has 0 atom stereocenters. The number of carbonyl (C=O) groups is 1. The van der Waals surface area contributed by atoms with Crippen molar-refractivity contribution >= 4 is 17.7 Å². The third-order valence-corrected chi connectivity index (χ3v) is 3.80. The molecule has 0 aliphatic rings. The predicted octanol–water partition coefficient (Wildman–Crippen LogP) is 4.47. The summed E-state index contributed by atoms with van der Waals surface area (Å²) in [6, 6.07) is 13.8. The van der Waals surface area contributed by atoms with Crippen LogP contribution in [0.4, 0.5) is 5.69 Å². The van der Waals surface area contributed by atoms with Gasteiger partial charge >= 0.3 is 0 Å². The first kappa shape index (κ1) is 16.8. The molecular formula is C20H23NO2. The van der Waals surface area contributed by atoms with Crippen molar-refractivity contribution in [3.05, 3.63) is 65.2 Å². The normalized spacial score (nSPS) is 10.7. The third kappa shape index (κ3) is 4.22. The van der Waals surface area contributed by atoms with Crippen LogP contribution in [-0.4, -0.2) is 13.0 Å². The van der Waals surface area contributed by atoms with E-state index in [2.05, 4.69) is 31.3 Å². The Hall–Kier alpha value is -2.55. The number of methoxy groups -OCH3 is 1. The van der Waals surface area contributed by atoms with Crippen molar-refractivity contribution in [1.82, 2.24) is 0 Å². The minimum Gasteiger partial charge on any atom is -0.496 e. The van der Waals surface area contributed by atoms with E-state index in [1.165, 1.54) is 0 Å². The highest BCUT2D eigenvalue weighted by atomic mass is 16.5. The van der Waals surface area contributed by atoms with E-state index >= 15 is 0 Å². The molecule has 0 heterocycles. The first-order chi connectivity index (χ1) is 11.2. The van der Waals surface area contributed by atoms with E-state index in [-0.39, 0.29) is 5.91 Å². The van der Waals surface area contributed by atoms with Crippen molar-refractivity contribution in [3.63, 3.8) is 0 Å². The summed E-state index contributed by atoms with van der Waals surface area (Å²) in [5.74, 6) is 0.617. The zero-order valence-electron chi connectivity index (χ0n) is 13.9. The second kappa shape index (κ2) is 8.18. The molecule has 0 unspecified atom stereocenters. The summed E-state index contributed by atoms with van der Waals surface area (Å²) in [4.78, 5) is 12.3. The Morgan fingerprint density at radius 2 is 1.70 bits per heavy atom. The fourth-order valence-electron chi connectivity index (χ4n) is 2.54. The monoisotopic (exact) mass is 309 g/mol. The second-order valence-corrected chi connectivity index (χ2v) is 5.22. The molecule has 23 heavy (non-hydrogen) atoms. The lowest BCUT2D eigenvalue weighted by Gasteiger charge is -2.13. The zero-order valence-corrected chi connectivity index (χ0v) is 13.9. The van der Waals surface area contributed by atoms with Gasteiger partial charge in [-0.25, -0.2) is 0 Å². The number of ether oxygens (including phenoxy) is 1. The van der Waals surface area contributed by atoms with E-state index < -0.39 is 0 Å². The van der Waals surface area contributed by atoms with Gasteiger partial charge in [0.2, 0.25) is 5.91 Å². The summed E-state index contributed by atoms with van der Waals surface area (Å²) in [5.41, 5.74) is 4.13. The molecule has 0 saturated carbocycles. The summed E-state index contributed by atoms with van der Waals surface area (Å²) in [6.45, 7) is 4.18. The quantitative estimate of drug-likeness (QED) is 0.799. The fraction of sp³-hybridized carbons (Fsp3) is 0.250. The van der Waals surface area contributed by atoms with Crippen LogP contribution in [0.2, 0.25) is 0 Å². The van der Waals surface area contributed by atoms with Crippen LogP contribution in [0.1, 0.15) is 30.5 Å². The zero-order chi connectivity index (χ0) is 16.7. The molecular weight excluding hydrogens is 286 g/mol. The van der Waals surface area contributed by atoms with Crippen molar-refractivity contribution in [1.29, 1.82) is 0 Å². The molecule has 1 N–H and O–H groups in total. The highest BCUT2D eigenvalue weighted by Crippen LogP contribution is 2.23. The number of para-hydroxylation sites is 2. The molecule has 0 radical (unpaired) electrons. The summed E-state index contributed by atoms with van der Waals surface area (Å²) in [7, 11) is 1.62. The molecule has 2 rings (SSSR count). The minimum absolute atomic E-state index is 0.133. The molecule has 120 valence electrons. The average molecular weight is 309 g/mol. The topological polar surface area (TPSA) is 38.3 Å². The van der Waals surface area contributed by atoms with Crippen LogP contribution in [0.25, 0.3) is 6.08 Å². The summed E-state index contributed by atoms with van der Waals surface area (Å²) in [6.07, 6.45) is 5.09. The molecule has 1 amide bonds. The Morgan fingerprint density at radius 1 is 1.04 bits per heavy atom. The standard InChI is InChI=1S/C20H23NO2/c1-4-15-10-8-11-16(5-2)20(15)21-19(22)14-13-17-9-6-7-12-18(17)23-3/h6-14H,4-5H2,1-3H3,(H,21,22)/b14-13+. The Labute approximate surface area is 138 Å². The van der Waals surface area contributed by atoms with E-state index in [9.17, 15) is 4.79 Å². The lowest BCUT2D eigenvalue weighted by molar-refractivity contribution is -0.111. The number of amides is 1. The smallest absolute Gasteiger partial charge is 0.248 e. The maximum absolute atomic E-state index is 12.3. The number of rotatable bonds is 6.